The lowest BCUT2D eigenvalue weighted by atomic mass is 9.93. The van der Waals surface area contributed by atoms with Crippen LogP contribution in [0.5, 0.6) is 0 Å². The predicted molar refractivity (Wildman–Crippen MR) is 91.1 cm³/mol. The first-order chi connectivity index (χ1) is 10.5. The zero-order chi connectivity index (χ0) is 17.8. The fraction of sp³-hybridized carbons (Fsp3) is 0.882. The fourth-order valence-corrected chi connectivity index (χ4v) is 3.11. The first-order valence-electron chi connectivity index (χ1n) is 8.46. The predicted octanol–water partition coefficient (Wildman–Crippen LogP) is 1.20. The summed E-state index contributed by atoms with van der Waals surface area (Å²) in [5, 5.41) is 9.67. The van der Waals surface area contributed by atoms with E-state index in [1.807, 2.05) is 27.8 Å². The highest BCUT2D eigenvalue weighted by Gasteiger charge is 2.42. The zero-order valence-corrected chi connectivity index (χ0v) is 15.5. The van der Waals surface area contributed by atoms with Gasteiger partial charge in [0.25, 0.3) is 0 Å². The van der Waals surface area contributed by atoms with Crippen LogP contribution in [0.25, 0.3) is 0 Å². The van der Waals surface area contributed by atoms with E-state index >= 15 is 0 Å². The number of hydrogen-bond acceptors (Lipinski definition) is 5. The van der Waals surface area contributed by atoms with Gasteiger partial charge in [0.05, 0.1) is 0 Å². The van der Waals surface area contributed by atoms with Crippen molar-refractivity contribution in [3.8, 4) is 0 Å². The maximum atomic E-state index is 12.3. The summed E-state index contributed by atoms with van der Waals surface area (Å²) in [4.78, 5) is 23.9. The van der Waals surface area contributed by atoms with Crippen molar-refractivity contribution in [1.29, 1.82) is 0 Å². The van der Waals surface area contributed by atoms with Crippen molar-refractivity contribution < 1.29 is 14.3 Å². The molecule has 1 saturated heterocycles. The van der Waals surface area contributed by atoms with Gasteiger partial charge in [0.1, 0.15) is 11.6 Å². The molecule has 4 atom stereocenters. The third-order valence-electron chi connectivity index (χ3n) is 3.93. The van der Waals surface area contributed by atoms with Gasteiger partial charge >= 0.3 is 5.97 Å². The highest BCUT2D eigenvalue weighted by Crippen LogP contribution is 2.22. The Morgan fingerprint density at radius 1 is 1.30 bits per heavy atom. The molecule has 0 radical (unpaired) electrons. The second kappa shape index (κ2) is 8.11. The van der Waals surface area contributed by atoms with E-state index in [9.17, 15) is 9.59 Å². The molecule has 1 aliphatic heterocycles. The highest BCUT2D eigenvalue weighted by atomic mass is 16.6. The Bertz CT molecular complexity index is 418. The number of carbonyl (C=O) groups excluding carboxylic acids is 2. The molecule has 1 fully saturated rings. The van der Waals surface area contributed by atoms with E-state index in [0.717, 1.165) is 6.42 Å². The van der Waals surface area contributed by atoms with Crippen LogP contribution in [0.1, 0.15) is 54.4 Å². The van der Waals surface area contributed by atoms with Crippen LogP contribution in [0.2, 0.25) is 0 Å². The van der Waals surface area contributed by atoms with Crippen molar-refractivity contribution in [3.05, 3.63) is 0 Å². The molecule has 1 amide bonds. The maximum Gasteiger partial charge on any atom is 0.323 e. The Labute approximate surface area is 140 Å². The van der Waals surface area contributed by atoms with Crippen LogP contribution in [0, 0.1) is 5.92 Å². The number of carbonyl (C=O) groups is 2. The molecule has 1 heterocycles. The van der Waals surface area contributed by atoms with Gasteiger partial charge in [-0.2, -0.15) is 0 Å². The normalized spacial score (nSPS) is 26.2. The van der Waals surface area contributed by atoms with E-state index in [1.54, 1.807) is 0 Å². The molecule has 6 heteroatoms. The van der Waals surface area contributed by atoms with Crippen LogP contribution in [0.15, 0.2) is 0 Å². The Hall–Kier alpha value is -1.14. The molecule has 1 aliphatic rings. The average Bonchev–Trinajstić information content (AvgIpc) is 2.78. The summed E-state index contributed by atoms with van der Waals surface area (Å²) in [6.45, 7) is 11.4. The molecule has 0 aromatic heterocycles. The average molecular weight is 327 g/mol. The van der Waals surface area contributed by atoms with Gasteiger partial charge in [-0.15, -0.1) is 0 Å². The van der Waals surface area contributed by atoms with E-state index in [-0.39, 0.29) is 36.0 Å². The molecule has 23 heavy (non-hydrogen) atoms. The number of esters is 1. The Morgan fingerprint density at radius 2 is 1.91 bits per heavy atom. The number of rotatable bonds is 6. The molecule has 0 aromatic rings. The lowest BCUT2D eigenvalue weighted by Gasteiger charge is -2.30. The summed E-state index contributed by atoms with van der Waals surface area (Å²) in [6, 6.07) is -0.246. The number of likely N-dealkylation sites (N-methyl/N-ethyl adjacent to an activating group) is 1. The SMILES string of the molecule is CNC1CC(C(=O)OC(C)(C)C)NC1C(CC(C)C)NC(C)=O. The molecule has 0 bridgehead atoms. The van der Waals surface area contributed by atoms with Crippen molar-refractivity contribution in [2.24, 2.45) is 5.92 Å². The summed E-state index contributed by atoms with van der Waals surface area (Å²) < 4.78 is 5.49. The molecule has 134 valence electrons. The van der Waals surface area contributed by atoms with Gasteiger partial charge in [-0.1, -0.05) is 13.8 Å². The summed E-state index contributed by atoms with van der Waals surface area (Å²) in [5.41, 5.74) is -0.499. The van der Waals surface area contributed by atoms with E-state index in [2.05, 4.69) is 29.8 Å². The monoisotopic (exact) mass is 327 g/mol. The van der Waals surface area contributed by atoms with Crippen molar-refractivity contribution in [2.75, 3.05) is 7.05 Å². The van der Waals surface area contributed by atoms with E-state index in [0.29, 0.717) is 12.3 Å². The van der Waals surface area contributed by atoms with Crippen molar-refractivity contribution >= 4 is 11.9 Å². The zero-order valence-electron chi connectivity index (χ0n) is 15.5. The quantitative estimate of drug-likeness (QED) is 0.639. The molecule has 1 rings (SSSR count). The lowest BCUT2D eigenvalue weighted by Crippen LogP contribution is -2.55. The molecule has 0 saturated carbocycles. The van der Waals surface area contributed by atoms with Gasteiger partial charge < -0.3 is 15.4 Å². The number of hydrogen-bond donors (Lipinski definition) is 3. The first-order valence-corrected chi connectivity index (χ1v) is 8.46. The van der Waals surface area contributed by atoms with Crippen LogP contribution in [-0.4, -0.2) is 48.7 Å². The summed E-state index contributed by atoms with van der Waals surface area (Å²) in [6.07, 6.45) is 1.51. The van der Waals surface area contributed by atoms with Crippen molar-refractivity contribution in [2.45, 2.75) is 84.2 Å². The molecule has 0 spiro atoms. The van der Waals surface area contributed by atoms with Gasteiger partial charge in [-0.05, 0) is 46.6 Å². The first kappa shape index (κ1) is 19.9. The number of ether oxygens (including phenoxy) is 1. The topological polar surface area (TPSA) is 79.5 Å². The largest absolute Gasteiger partial charge is 0.459 e. The van der Waals surface area contributed by atoms with E-state index in [1.165, 1.54) is 6.92 Å². The Morgan fingerprint density at radius 3 is 2.35 bits per heavy atom. The molecule has 3 N–H and O–H groups in total. The van der Waals surface area contributed by atoms with E-state index in [4.69, 9.17) is 4.74 Å². The molecule has 0 aliphatic carbocycles. The van der Waals surface area contributed by atoms with Crippen LogP contribution in [-0.2, 0) is 14.3 Å². The fourth-order valence-electron chi connectivity index (χ4n) is 3.11. The number of amides is 1. The summed E-state index contributed by atoms with van der Waals surface area (Å²) >= 11 is 0. The van der Waals surface area contributed by atoms with Gasteiger partial charge in [-0.25, -0.2) is 0 Å². The second-order valence-electron chi connectivity index (χ2n) is 7.85. The minimum absolute atomic E-state index is 0.00354. The second-order valence-corrected chi connectivity index (χ2v) is 7.85. The van der Waals surface area contributed by atoms with Gasteiger partial charge in [0.2, 0.25) is 5.91 Å². The van der Waals surface area contributed by atoms with Crippen molar-refractivity contribution in [3.63, 3.8) is 0 Å². The Kier molecular flexibility index (Phi) is 7.02. The molecule has 4 unspecified atom stereocenters. The standard InChI is InChI=1S/C17H33N3O3/c1-10(2)8-13(19-11(3)21)15-12(18-7)9-14(20-15)16(22)23-17(4,5)6/h10,12-15,18,20H,8-9H2,1-7H3,(H,19,21). The maximum absolute atomic E-state index is 12.3. The van der Waals surface area contributed by atoms with E-state index < -0.39 is 5.60 Å². The molecular weight excluding hydrogens is 294 g/mol. The molecule has 6 nitrogen and oxygen atoms in total. The van der Waals surface area contributed by atoms with Crippen LogP contribution >= 0.6 is 0 Å². The summed E-state index contributed by atoms with van der Waals surface area (Å²) in [5.74, 6) is 0.172. The van der Waals surface area contributed by atoms with Gasteiger partial charge in [0.15, 0.2) is 0 Å². The third-order valence-corrected chi connectivity index (χ3v) is 3.93. The minimum Gasteiger partial charge on any atom is -0.459 e. The highest BCUT2D eigenvalue weighted by molar-refractivity contribution is 5.77. The van der Waals surface area contributed by atoms with Crippen LogP contribution in [0.3, 0.4) is 0 Å². The van der Waals surface area contributed by atoms with Gasteiger partial charge in [0, 0.05) is 25.0 Å². The Balaban J connectivity index is 2.83. The summed E-state index contributed by atoms with van der Waals surface area (Å²) in [7, 11) is 1.89. The van der Waals surface area contributed by atoms with Crippen LogP contribution in [0.4, 0.5) is 0 Å². The third kappa shape index (κ3) is 6.47. The van der Waals surface area contributed by atoms with Crippen LogP contribution < -0.4 is 16.0 Å². The van der Waals surface area contributed by atoms with Crippen molar-refractivity contribution in [1.82, 2.24) is 16.0 Å². The molecule has 0 aromatic carbocycles. The smallest absolute Gasteiger partial charge is 0.323 e. The minimum atomic E-state index is -0.499. The lowest BCUT2D eigenvalue weighted by molar-refractivity contribution is -0.157. The number of nitrogens with one attached hydrogen (secondary N) is 3. The van der Waals surface area contributed by atoms with Gasteiger partial charge in [-0.3, -0.25) is 14.9 Å². The molecular formula is C17H33N3O3.